The Kier molecular flexibility index (Phi) is 5.86. The molecule has 2 aliphatic rings. The van der Waals surface area contributed by atoms with Gasteiger partial charge in [-0.25, -0.2) is 9.97 Å². The minimum absolute atomic E-state index is 0.328. The van der Waals surface area contributed by atoms with Gasteiger partial charge in [0, 0.05) is 44.8 Å². The zero-order valence-corrected chi connectivity index (χ0v) is 15.0. The SMILES string of the molecule is COc1cc(N2CCC3OCCN(CCN(C)C)C3CC2)ncn1. The maximum Gasteiger partial charge on any atom is 0.218 e. The van der Waals surface area contributed by atoms with E-state index in [0.717, 1.165) is 58.0 Å². The smallest absolute Gasteiger partial charge is 0.218 e. The van der Waals surface area contributed by atoms with Crippen LogP contribution in [0.3, 0.4) is 0 Å². The third-order valence-electron chi connectivity index (χ3n) is 4.98. The molecule has 24 heavy (non-hydrogen) atoms. The molecule has 0 radical (unpaired) electrons. The van der Waals surface area contributed by atoms with Gasteiger partial charge in [0.1, 0.15) is 12.1 Å². The predicted octanol–water partition coefficient (Wildman–Crippen LogP) is 0.716. The molecule has 2 aliphatic heterocycles. The molecule has 2 atom stereocenters. The van der Waals surface area contributed by atoms with Crippen molar-refractivity contribution in [3.63, 3.8) is 0 Å². The maximum absolute atomic E-state index is 6.09. The van der Waals surface area contributed by atoms with E-state index >= 15 is 0 Å². The van der Waals surface area contributed by atoms with Gasteiger partial charge in [-0.2, -0.15) is 0 Å². The van der Waals surface area contributed by atoms with E-state index in [9.17, 15) is 0 Å². The van der Waals surface area contributed by atoms with E-state index in [1.807, 2.05) is 6.07 Å². The highest BCUT2D eigenvalue weighted by atomic mass is 16.5. The van der Waals surface area contributed by atoms with Crippen LogP contribution in [-0.2, 0) is 4.74 Å². The van der Waals surface area contributed by atoms with Gasteiger partial charge in [-0.3, -0.25) is 4.90 Å². The molecule has 0 spiro atoms. The summed E-state index contributed by atoms with van der Waals surface area (Å²) >= 11 is 0. The van der Waals surface area contributed by atoms with E-state index in [2.05, 4.69) is 38.8 Å². The Hall–Kier alpha value is -1.44. The lowest BCUT2D eigenvalue weighted by Gasteiger charge is -2.40. The molecule has 0 aliphatic carbocycles. The summed E-state index contributed by atoms with van der Waals surface area (Å²) in [6.45, 7) is 6.03. The van der Waals surface area contributed by atoms with Gasteiger partial charge < -0.3 is 19.3 Å². The van der Waals surface area contributed by atoms with Crippen LogP contribution in [0, 0.1) is 0 Å². The summed E-state index contributed by atoms with van der Waals surface area (Å²) in [6.07, 6.45) is 4.04. The van der Waals surface area contributed by atoms with Gasteiger partial charge in [0.2, 0.25) is 5.88 Å². The number of fused-ring (bicyclic) bond motifs is 1. The largest absolute Gasteiger partial charge is 0.481 e. The van der Waals surface area contributed by atoms with Crippen molar-refractivity contribution in [2.24, 2.45) is 0 Å². The summed E-state index contributed by atoms with van der Waals surface area (Å²) < 4.78 is 11.3. The highest BCUT2D eigenvalue weighted by Gasteiger charge is 2.34. The lowest BCUT2D eigenvalue weighted by Crippen LogP contribution is -2.52. The Morgan fingerprint density at radius 2 is 2.08 bits per heavy atom. The molecule has 2 fully saturated rings. The first-order valence-electron chi connectivity index (χ1n) is 8.78. The van der Waals surface area contributed by atoms with Crippen LogP contribution in [0.25, 0.3) is 0 Å². The fraction of sp³-hybridized carbons (Fsp3) is 0.765. The number of likely N-dealkylation sites (N-methyl/N-ethyl adjacent to an activating group) is 1. The number of methoxy groups -OCH3 is 1. The van der Waals surface area contributed by atoms with Crippen molar-refractivity contribution < 1.29 is 9.47 Å². The standard InChI is InChI=1S/C17H29N5O2/c1-20(2)8-9-21-10-11-24-15-5-7-22(6-4-14(15)21)16-12-17(23-3)19-13-18-16/h12-15H,4-11H2,1-3H3. The third-order valence-corrected chi connectivity index (χ3v) is 4.98. The van der Waals surface area contributed by atoms with Crippen LogP contribution in [0.1, 0.15) is 12.8 Å². The highest BCUT2D eigenvalue weighted by molar-refractivity contribution is 5.41. The second-order valence-electron chi connectivity index (χ2n) is 6.80. The van der Waals surface area contributed by atoms with Gasteiger partial charge in [-0.1, -0.05) is 0 Å². The molecular weight excluding hydrogens is 306 g/mol. The quantitative estimate of drug-likeness (QED) is 0.786. The Bertz CT molecular complexity index is 527. The fourth-order valence-corrected chi connectivity index (χ4v) is 3.61. The van der Waals surface area contributed by atoms with Crippen LogP contribution >= 0.6 is 0 Å². The number of hydrogen-bond acceptors (Lipinski definition) is 7. The van der Waals surface area contributed by atoms with Gasteiger partial charge in [0.25, 0.3) is 0 Å². The van der Waals surface area contributed by atoms with E-state index in [1.165, 1.54) is 0 Å². The van der Waals surface area contributed by atoms with Crippen LogP contribution in [0.2, 0.25) is 0 Å². The molecule has 0 N–H and O–H groups in total. The van der Waals surface area contributed by atoms with Crippen molar-refractivity contribution in [1.29, 1.82) is 0 Å². The number of anilines is 1. The lowest BCUT2D eigenvalue weighted by atomic mass is 10.0. The molecule has 2 unspecified atom stereocenters. The first-order chi connectivity index (χ1) is 11.7. The van der Waals surface area contributed by atoms with Crippen molar-refractivity contribution in [2.75, 3.05) is 65.4 Å². The zero-order chi connectivity index (χ0) is 16.9. The normalized spacial score (nSPS) is 25.4. The van der Waals surface area contributed by atoms with E-state index in [4.69, 9.17) is 9.47 Å². The number of rotatable bonds is 5. The summed E-state index contributed by atoms with van der Waals surface area (Å²) in [4.78, 5) is 15.7. The number of aromatic nitrogens is 2. The van der Waals surface area contributed by atoms with Crippen LogP contribution in [0.15, 0.2) is 12.4 Å². The summed E-state index contributed by atoms with van der Waals surface area (Å²) in [7, 11) is 5.91. The maximum atomic E-state index is 6.09. The van der Waals surface area contributed by atoms with Crippen LogP contribution in [-0.4, -0.2) is 92.4 Å². The van der Waals surface area contributed by atoms with Crippen molar-refractivity contribution in [3.8, 4) is 5.88 Å². The summed E-state index contributed by atoms with van der Waals surface area (Å²) in [6, 6.07) is 2.42. The molecule has 3 heterocycles. The molecule has 0 bridgehead atoms. The molecule has 7 heteroatoms. The predicted molar refractivity (Wildman–Crippen MR) is 93.7 cm³/mol. The molecule has 0 aromatic carbocycles. The number of ether oxygens (including phenoxy) is 2. The van der Waals surface area contributed by atoms with Gasteiger partial charge >= 0.3 is 0 Å². The second-order valence-corrected chi connectivity index (χ2v) is 6.80. The lowest BCUT2D eigenvalue weighted by molar-refractivity contribution is -0.0723. The van der Waals surface area contributed by atoms with Crippen molar-refractivity contribution in [2.45, 2.75) is 25.0 Å². The molecule has 134 valence electrons. The van der Waals surface area contributed by atoms with Gasteiger partial charge in [-0.15, -0.1) is 0 Å². The first kappa shape index (κ1) is 17.4. The molecule has 2 saturated heterocycles. The molecule has 1 aromatic rings. The Labute approximate surface area is 144 Å². The average Bonchev–Trinajstić information content (AvgIpc) is 2.83. The summed E-state index contributed by atoms with van der Waals surface area (Å²) in [5.41, 5.74) is 0. The van der Waals surface area contributed by atoms with Crippen LogP contribution in [0.4, 0.5) is 5.82 Å². The molecule has 0 amide bonds. The van der Waals surface area contributed by atoms with E-state index < -0.39 is 0 Å². The van der Waals surface area contributed by atoms with Crippen molar-refractivity contribution >= 4 is 5.82 Å². The van der Waals surface area contributed by atoms with Gasteiger partial charge in [-0.05, 0) is 26.9 Å². The van der Waals surface area contributed by atoms with Gasteiger partial charge in [0.15, 0.2) is 0 Å². The van der Waals surface area contributed by atoms with Crippen LogP contribution < -0.4 is 9.64 Å². The molecule has 7 nitrogen and oxygen atoms in total. The average molecular weight is 335 g/mol. The minimum Gasteiger partial charge on any atom is -0.481 e. The minimum atomic E-state index is 0.328. The molecule has 1 aromatic heterocycles. The highest BCUT2D eigenvalue weighted by Crippen LogP contribution is 2.26. The Morgan fingerprint density at radius 1 is 1.25 bits per heavy atom. The monoisotopic (exact) mass is 335 g/mol. The third kappa shape index (κ3) is 4.15. The van der Waals surface area contributed by atoms with Crippen molar-refractivity contribution in [3.05, 3.63) is 12.4 Å². The Morgan fingerprint density at radius 3 is 2.88 bits per heavy atom. The second kappa shape index (κ2) is 8.09. The molecule has 0 saturated carbocycles. The van der Waals surface area contributed by atoms with E-state index in [-0.39, 0.29) is 0 Å². The number of nitrogens with zero attached hydrogens (tertiary/aromatic N) is 5. The summed E-state index contributed by atoms with van der Waals surface area (Å²) in [5, 5.41) is 0. The Balaban J connectivity index is 1.66. The number of hydrogen-bond donors (Lipinski definition) is 0. The number of morpholine rings is 1. The van der Waals surface area contributed by atoms with Crippen molar-refractivity contribution in [1.82, 2.24) is 19.8 Å². The summed E-state index contributed by atoms with van der Waals surface area (Å²) in [5.74, 6) is 1.56. The van der Waals surface area contributed by atoms with Gasteiger partial charge in [0.05, 0.1) is 19.8 Å². The van der Waals surface area contributed by atoms with E-state index in [0.29, 0.717) is 18.0 Å². The molecular formula is C17H29N5O2. The van der Waals surface area contributed by atoms with E-state index in [1.54, 1.807) is 13.4 Å². The first-order valence-corrected chi connectivity index (χ1v) is 8.78. The topological polar surface area (TPSA) is 54.0 Å². The zero-order valence-electron chi connectivity index (χ0n) is 15.0. The van der Waals surface area contributed by atoms with Crippen LogP contribution in [0.5, 0.6) is 5.88 Å². The fourth-order valence-electron chi connectivity index (χ4n) is 3.61. The molecule has 3 rings (SSSR count).